The zero-order valence-corrected chi connectivity index (χ0v) is 32.6. The monoisotopic (exact) mass is 768 g/mol. The van der Waals surface area contributed by atoms with Gasteiger partial charge in [0.1, 0.15) is 11.6 Å². The van der Waals surface area contributed by atoms with E-state index in [1.165, 1.54) is 37.8 Å². The summed E-state index contributed by atoms with van der Waals surface area (Å²) in [6, 6.07) is 4.58. The van der Waals surface area contributed by atoms with Crippen LogP contribution in [0.3, 0.4) is 0 Å². The average Bonchev–Trinajstić information content (AvgIpc) is 3.89. The number of sulfonamides is 1. The molecule has 4 aliphatic carbocycles. The molecule has 2 heterocycles. The average molecular weight is 769 g/mol. The Morgan fingerprint density at radius 3 is 2.50 bits per heavy atom. The molecule has 2 unspecified atom stereocenters. The van der Waals surface area contributed by atoms with Crippen molar-refractivity contribution in [1.82, 2.24) is 29.4 Å². The topological polar surface area (TPSA) is 132 Å². The lowest BCUT2D eigenvalue weighted by atomic mass is 9.89. The molecule has 0 bridgehead atoms. The van der Waals surface area contributed by atoms with E-state index in [-0.39, 0.29) is 23.7 Å². The fraction of sp³-hybridized carbons (Fsp3) is 0.615. The van der Waals surface area contributed by atoms with Crippen LogP contribution in [-0.4, -0.2) is 116 Å². The molecule has 1 amide bonds. The first-order valence-corrected chi connectivity index (χ1v) is 21.2. The third-order valence-corrected chi connectivity index (χ3v) is 13.1. The van der Waals surface area contributed by atoms with Crippen molar-refractivity contribution in [2.24, 2.45) is 5.92 Å². The van der Waals surface area contributed by atoms with Crippen LogP contribution in [0.25, 0.3) is 0 Å². The van der Waals surface area contributed by atoms with E-state index in [4.69, 9.17) is 4.74 Å². The summed E-state index contributed by atoms with van der Waals surface area (Å²) in [6.07, 6.45) is 15.1. The highest BCUT2D eigenvalue weighted by Gasteiger charge is 2.41. The van der Waals surface area contributed by atoms with Crippen LogP contribution >= 0.6 is 0 Å². The molecule has 1 aromatic carbocycles. The number of methoxy groups -OCH3 is 1. The molecule has 0 spiro atoms. The lowest BCUT2D eigenvalue weighted by molar-refractivity contribution is 0.0175. The van der Waals surface area contributed by atoms with Crippen LogP contribution in [0, 0.1) is 5.92 Å². The number of carbonyl (C=O) groups is 1. The van der Waals surface area contributed by atoms with Gasteiger partial charge in [-0.25, -0.2) is 22.2 Å². The minimum atomic E-state index is -3.60. The molecule has 15 heteroatoms. The van der Waals surface area contributed by atoms with Gasteiger partial charge in [-0.2, -0.15) is 9.29 Å². The smallest absolute Gasteiger partial charge is 0.275 e. The summed E-state index contributed by atoms with van der Waals surface area (Å²) in [4.78, 5) is 27.3. The third kappa shape index (κ3) is 8.90. The third-order valence-electron chi connectivity index (χ3n) is 11.9. The molecule has 54 heavy (non-hydrogen) atoms. The van der Waals surface area contributed by atoms with E-state index in [2.05, 4.69) is 35.7 Å². The zero-order valence-electron chi connectivity index (χ0n) is 31.8. The van der Waals surface area contributed by atoms with Gasteiger partial charge in [-0.05, 0) is 87.5 Å². The normalized spacial score (nSPS) is 25.5. The Bertz CT molecular complexity index is 1870. The van der Waals surface area contributed by atoms with Crippen molar-refractivity contribution >= 4 is 33.4 Å². The molecule has 2 aromatic rings. The number of allylic oxidation sites excluding steroid dienone is 1. The van der Waals surface area contributed by atoms with Gasteiger partial charge in [-0.15, -0.1) is 0 Å². The fourth-order valence-corrected chi connectivity index (χ4v) is 9.25. The number of amides is 1. The highest BCUT2D eigenvalue weighted by molar-refractivity contribution is 7.88. The van der Waals surface area contributed by atoms with Crippen LogP contribution in [0.15, 0.2) is 47.7 Å². The van der Waals surface area contributed by atoms with E-state index in [1.807, 2.05) is 12.2 Å². The predicted molar refractivity (Wildman–Crippen MR) is 206 cm³/mol. The molecule has 1 aromatic heterocycles. The van der Waals surface area contributed by atoms with E-state index < -0.39 is 33.6 Å². The van der Waals surface area contributed by atoms with Crippen molar-refractivity contribution in [3.05, 3.63) is 58.8 Å². The predicted octanol–water partition coefficient (Wildman–Crippen LogP) is 5.50. The summed E-state index contributed by atoms with van der Waals surface area (Å²) >= 11 is 0. The maximum absolute atomic E-state index is 14.9. The molecule has 5 aliphatic rings. The number of anilines is 3. The van der Waals surface area contributed by atoms with Crippen LogP contribution in [-0.2, 0) is 15.9 Å². The van der Waals surface area contributed by atoms with Crippen molar-refractivity contribution in [2.75, 3.05) is 63.8 Å². The maximum Gasteiger partial charge on any atom is 0.275 e. The Hall–Kier alpha value is -3.66. The van der Waals surface area contributed by atoms with Gasteiger partial charge >= 0.3 is 0 Å². The molecule has 1 saturated heterocycles. The standard InChI is InChI=1S/C39H54F2N8O4S/c1-39(40,41)31-23-42-38(46-36(31)44-33-21-26-7-5-6-8-30(26)35(33)47(2)54(4,51)52)45-32-16-11-27(22-34(32)53-3)37(50)43-28-12-14-29(15-13-28)49-19-17-48(18-20-49)24-25-9-10-25/h6,8,11,16,22-23,25,28-29,33,35H,5,7,9-10,12-15,17-21,24H2,1-4H3,(H,43,50)(H2,42,44,45,46). The van der Waals surface area contributed by atoms with Crippen LogP contribution in [0.5, 0.6) is 5.75 Å². The quantitative estimate of drug-likeness (QED) is 0.240. The largest absolute Gasteiger partial charge is 0.495 e. The van der Waals surface area contributed by atoms with Gasteiger partial charge in [-0.3, -0.25) is 9.69 Å². The number of piperazine rings is 1. The van der Waals surface area contributed by atoms with E-state index in [9.17, 15) is 22.0 Å². The van der Waals surface area contributed by atoms with Crippen LogP contribution in [0.2, 0.25) is 0 Å². The summed E-state index contributed by atoms with van der Waals surface area (Å²) < 4.78 is 62.1. The van der Waals surface area contributed by atoms with E-state index >= 15 is 0 Å². The van der Waals surface area contributed by atoms with Crippen molar-refractivity contribution in [3.8, 4) is 5.75 Å². The van der Waals surface area contributed by atoms with E-state index in [0.29, 0.717) is 29.5 Å². The number of nitrogens with zero attached hydrogens (tertiary/aromatic N) is 5. The molecule has 2 saturated carbocycles. The summed E-state index contributed by atoms with van der Waals surface area (Å²) in [5, 5.41) is 9.48. The Labute approximate surface area is 317 Å². The molecule has 0 radical (unpaired) electrons. The number of benzene rings is 1. The number of halogens is 2. The number of aromatic nitrogens is 2. The number of ether oxygens (including phenoxy) is 1. The maximum atomic E-state index is 14.9. The van der Waals surface area contributed by atoms with Crippen LogP contribution < -0.4 is 20.7 Å². The summed E-state index contributed by atoms with van der Waals surface area (Å²) in [5.74, 6) is -2.22. The number of hydrogen-bond donors (Lipinski definition) is 3. The van der Waals surface area contributed by atoms with Crippen molar-refractivity contribution in [1.29, 1.82) is 0 Å². The lowest BCUT2D eigenvalue weighted by Gasteiger charge is -2.42. The molecular formula is C39H54F2N8O4S. The van der Waals surface area contributed by atoms with Crippen molar-refractivity contribution in [3.63, 3.8) is 0 Å². The highest BCUT2D eigenvalue weighted by atomic mass is 32.2. The fourth-order valence-electron chi connectivity index (χ4n) is 8.57. The zero-order chi connectivity index (χ0) is 38.2. The molecule has 7 rings (SSSR count). The summed E-state index contributed by atoms with van der Waals surface area (Å²) in [6.45, 7) is 6.63. The second-order valence-corrected chi connectivity index (χ2v) is 17.9. The SMILES string of the molecule is COc1cc(C(=O)NC2CCC(N3CCN(CC4CC4)CC3)CC2)ccc1Nc1ncc(C(C)(F)F)c(NC2CC3=C(C=CCC3)C2N(C)S(C)(=O)=O)n1. The van der Waals surface area contributed by atoms with Gasteiger partial charge in [0.05, 0.1) is 36.7 Å². The molecule has 12 nitrogen and oxygen atoms in total. The Morgan fingerprint density at radius 2 is 1.83 bits per heavy atom. The molecule has 3 fully saturated rings. The van der Waals surface area contributed by atoms with Gasteiger partial charge < -0.3 is 25.6 Å². The Balaban J connectivity index is 0.998. The summed E-state index contributed by atoms with van der Waals surface area (Å²) in [5.41, 5.74) is 2.48. The second kappa shape index (κ2) is 15.8. The number of rotatable bonds is 13. The second-order valence-electron chi connectivity index (χ2n) is 15.8. The molecule has 1 aliphatic heterocycles. The Morgan fingerprint density at radius 1 is 1.09 bits per heavy atom. The highest BCUT2D eigenvalue weighted by Crippen LogP contribution is 2.41. The number of hydrogen-bond acceptors (Lipinski definition) is 10. The van der Waals surface area contributed by atoms with Gasteiger partial charge in [0.15, 0.2) is 0 Å². The minimum absolute atomic E-state index is 0.0331. The van der Waals surface area contributed by atoms with Gasteiger partial charge in [-0.1, -0.05) is 17.7 Å². The Kier molecular flexibility index (Phi) is 11.3. The van der Waals surface area contributed by atoms with Crippen LogP contribution in [0.1, 0.15) is 80.6 Å². The van der Waals surface area contributed by atoms with Crippen molar-refractivity contribution in [2.45, 2.75) is 94.8 Å². The van der Waals surface area contributed by atoms with Gasteiger partial charge in [0.2, 0.25) is 16.0 Å². The molecular weight excluding hydrogens is 715 g/mol. The molecule has 294 valence electrons. The van der Waals surface area contributed by atoms with Gasteiger partial charge in [0.25, 0.3) is 11.8 Å². The van der Waals surface area contributed by atoms with Gasteiger partial charge in [0, 0.05) is 70.5 Å². The number of likely N-dealkylation sites (N-methyl/N-ethyl adjacent to an activating group) is 1. The number of carbonyl (C=O) groups excluding carboxylic acids is 1. The lowest BCUT2D eigenvalue weighted by Crippen LogP contribution is -2.52. The minimum Gasteiger partial charge on any atom is -0.495 e. The van der Waals surface area contributed by atoms with Crippen LogP contribution in [0.4, 0.5) is 26.2 Å². The first kappa shape index (κ1) is 38.6. The van der Waals surface area contributed by atoms with E-state index in [1.54, 1.807) is 18.2 Å². The van der Waals surface area contributed by atoms with Crippen molar-refractivity contribution < 1.29 is 26.7 Å². The molecule has 2 atom stereocenters. The summed E-state index contributed by atoms with van der Waals surface area (Å²) in [7, 11) is -0.598. The van der Waals surface area contributed by atoms with E-state index in [0.717, 1.165) is 101 Å². The number of nitrogens with one attached hydrogen (secondary N) is 3. The molecule has 3 N–H and O–H groups in total. The first-order chi connectivity index (χ1) is 25.8. The number of alkyl halides is 2. The first-order valence-electron chi connectivity index (χ1n) is 19.3.